The molecule has 34 heavy (non-hydrogen) atoms. The highest BCUT2D eigenvalue weighted by atomic mass is 35.5. The van der Waals surface area contributed by atoms with Crippen LogP contribution in [0.25, 0.3) is 0 Å². The maximum atomic E-state index is 12.3. The van der Waals surface area contributed by atoms with Gasteiger partial charge in [0.25, 0.3) is 0 Å². The molecule has 0 saturated carbocycles. The Morgan fingerprint density at radius 2 is 1.26 bits per heavy atom. The number of benzene rings is 2. The van der Waals surface area contributed by atoms with Crippen molar-refractivity contribution >= 4 is 34.8 Å². The fourth-order valence-corrected chi connectivity index (χ4v) is 4.76. The third-order valence-electron chi connectivity index (χ3n) is 6.18. The van der Waals surface area contributed by atoms with Crippen molar-refractivity contribution < 1.29 is 4.79 Å². The molecular weight excluding hydrogens is 463 g/mol. The smallest absolute Gasteiger partial charge is 0.224 e. The number of nitrogens with zero attached hydrogens (tertiary/aromatic N) is 1. The van der Waals surface area contributed by atoms with Gasteiger partial charge in [-0.25, -0.2) is 0 Å². The molecule has 0 heterocycles. The first-order valence-corrected chi connectivity index (χ1v) is 13.8. The molecule has 1 amide bonds. The summed E-state index contributed by atoms with van der Waals surface area (Å²) in [4.78, 5) is 14.6. The topological polar surface area (TPSA) is 32.3 Å². The molecule has 2 rings (SSSR count). The second-order valence-electron chi connectivity index (χ2n) is 9.26. The summed E-state index contributed by atoms with van der Waals surface area (Å²) < 4.78 is 0. The van der Waals surface area contributed by atoms with E-state index in [1.165, 1.54) is 56.9 Å². The van der Waals surface area contributed by atoms with Gasteiger partial charge < -0.3 is 5.32 Å². The number of nitrogens with one attached hydrogen (secondary N) is 1. The van der Waals surface area contributed by atoms with Gasteiger partial charge in [0, 0.05) is 35.2 Å². The standard InChI is InChI=1S/C29H42Cl2N2O/c1-3-5-6-7-8-9-10-11-12-13-14-29(34)32-28-17-15-24(16-18-28)22-33(4-2)23-25-19-26(30)21-27(31)20-25/h15-21H,3-14,22-23H2,1-2H3,(H,32,34). The van der Waals surface area contributed by atoms with E-state index in [0.717, 1.165) is 43.7 Å². The van der Waals surface area contributed by atoms with Crippen LogP contribution in [0.4, 0.5) is 5.69 Å². The van der Waals surface area contributed by atoms with E-state index >= 15 is 0 Å². The van der Waals surface area contributed by atoms with Gasteiger partial charge in [-0.15, -0.1) is 0 Å². The van der Waals surface area contributed by atoms with Crippen LogP contribution in [0.5, 0.6) is 0 Å². The Balaban J connectivity index is 1.65. The molecule has 188 valence electrons. The molecule has 0 aliphatic rings. The van der Waals surface area contributed by atoms with Crippen LogP contribution in [-0.4, -0.2) is 17.4 Å². The summed E-state index contributed by atoms with van der Waals surface area (Å²) in [6.07, 6.45) is 13.4. The van der Waals surface area contributed by atoms with Gasteiger partial charge in [0.1, 0.15) is 0 Å². The van der Waals surface area contributed by atoms with E-state index in [4.69, 9.17) is 23.2 Å². The Morgan fingerprint density at radius 3 is 1.82 bits per heavy atom. The van der Waals surface area contributed by atoms with Crippen LogP contribution in [0.15, 0.2) is 42.5 Å². The van der Waals surface area contributed by atoms with Crippen molar-refractivity contribution in [3.05, 3.63) is 63.6 Å². The zero-order valence-electron chi connectivity index (χ0n) is 21.1. The van der Waals surface area contributed by atoms with E-state index in [2.05, 4.69) is 36.2 Å². The van der Waals surface area contributed by atoms with Crippen molar-refractivity contribution in [1.29, 1.82) is 0 Å². The van der Waals surface area contributed by atoms with Crippen LogP contribution in [0.2, 0.25) is 10.0 Å². The average molecular weight is 506 g/mol. The lowest BCUT2D eigenvalue weighted by Gasteiger charge is -2.21. The molecule has 0 saturated heterocycles. The lowest BCUT2D eigenvalue weighted by Crippen LogP contribution is -2.22. The largest absolute Gasteiger partial charge is 0.326 e. The van der Waals surface area contributed by atoms with Crippen LogP contribution in [0.1, 0.15) is 95.6 Å². The molecule has 0 radical (unpaired) electrons. The molecule has 2 aromatic carbocycles. The third kappa shape index (κ3) is 12.2. The number of rotatable bonds is 17. The third-order valence-corrected chi connectivity index (χ3v) is 6.61. The van der Waals surface area contributed by atoms with Gasteiger partial charge in [-0.2, -0.15) is 0 Å². The van der Waals surface area contributed by atoms with E-state index in [1.807, 2.05) is 24.3 Å². The van der Waals surface area contributed by atoms with Crippen molar-refractivity contribution in [1.82, 2.24) is 4.90 Å². The first-order valence-electron chi connectivity index (χ1n) is 13.1. The highest BCUT2D eigenvalue weighted by molar-refractivity contribution is 6.34. The van der Waals surface area contributed by atoms with E-state index < -0.39 is 0 Å². The lowest BCUT2D eigenvalue weighted by molar-refractivity contribution is -0.116. The number of carbonyl (C=O) groups excluding carboxylic acids is 1. The molecule has 0 aliphatic carbocycles. The lowest BCUT2D eigenvalue weighted by atomic mass is 10.1. The van der Waals surface area contributed by atoms with Gasteiger partial charge in [-0.1, -0.05) is 107 Å². The fraction of sp³-hybridized carbons (Fsp3) is 0.552. The minimum Gasteiger partial charge on any atom is -0.326 e. The van der Waals surface area contributed by atoms with Crippen molar-refractivity contribution in [3.8, 4) is 0 Å². The maximum absolute atomic E-state index is 12.3. The number of hydrogen-bond donors (Lipinski definition) is 1. The fourth-order valence-electron chi connectivity index (χ4n) is 4.19. The summed E-state index contributed by atoms with van der Waals surface area (Å²) in [5.74, 6) is 0.111. The molecule has 0 aromatic heterocycles. The zero-order chi connectivity index (χ0) is 24.6. The molecule has 0 bridgehead atoms. The van der Waals surface area contributed by atoms with Crippen molar-refractivity contribution in [2.45, 2.75) is 97.6 Å². The molecule has 0 aliphatic heterocycles. The van der Waals surface area contributed by atoms with E-state index in [-0.39, 0.29) is 5.91 Å². The summed E-state index contributed by atoms with van der Waals surface area (Å²) in [6.45, 7) is 6.94. The first kappa shape index (κ1) is 28.7. The second kappa shape index (κ2) is 17.0. The molecule has 5 heteroatoms. The Bertz CT molecular complexity index is 818. The number of unbranched alkanes of at least 4 members (excludes halogenated alkanes) is 9. The van der Waals surface area contributed by atoms with Gasteiger partial charge in [-0.05, 0) is 54.4 Å². The van der Waals surface area contributed by atoms with E-state index in [9.17, 15) is 4.79 Å². The Kier molecular flexibility index (Phi) is 14.3. The molecule has 1 N–H and O–H groups in total. The Hall–Kier alpha value is -1.55. The quantitative estimate of drug-likeness (QED) is 0.217. The predicted octanol–water partition coefficient (Wildman–Crippen LogP) is 9.26. The normalized spacial score (nSPS) is 11.2. The van der Waals surface area contributed by atoms with Crippen LogP contribution >= 0.6 is 23.2 Å². The monoisotopic (exact) mass is 504 g/mol. The second-order valence-corrected chi connectivity index (χ2v) is 10.1. The van der Waals surface area contributed by atoms with Crippen molar-refractivity contribution in [2.75, 3.05) is 11.9 Å². The highest BCUT2D eigenvalue weighted by Crippen LogP contribution is 2.21. The number of carbonyl (C=O) groups is 1. The number of amides is 1. The molecular formula is C29H42Cl2N2O. The van der Waals surface area contributed by atoms with Crippen molar-refractivity contribution in [2.24, 2.45) is 0 Å². The molecule has 0 spiro atoms. The van der Waals surface area contributed by atoms with Crippen LogP contribution < -0.4 is 5.32 Å². The zero-order valence-corrected chi connectivity index (χ0v) is 22.6. The minimum atomic E-state index is 0.111. The molecule has 0 atom stereocenters. The molecule has 0 fully saturated rings. The van der Waals surface area contributed by atoms with Crippen molar-refractivity contribution in [3.63, 3.8) is 0 Å². The summed E-state index contributed by atoms with van der Waals surface area (Å²) in [5.41, 5.74) is 3.18. The van der Waals surface area contributed by atoms with Crippen LogP contribution in [0.3, 0.4) is 0 Å². The van der Waals surface area contributed by atoms with Gasteiger partial charge in [0.15, 0.2) is 0 Å². The average Bonchev–Trinajstić information content (AvgIpc) is 2.80. The predicted molar refractivity (Wildman–Crippen MR) is 148 cm³/mol. The SMILES string of the molecule is CCCCCCCCCCCCC(=O)Nc1ccc(CN(CC)Cc2cc(Cl)cc(Cl)c2)cc1. The summed E-state index contributed by atoms with van der Waals surface area (Å²) in [7, 11) is 0. The Labute approximate surface area is 217 Å². The molecule has 2 aromatic rings. The van der Waals surface area contributed by atoms with Gasteiger partial charge in [-0.3, -0.25) is 9.69 Å². The Morgan fingerprint density at radius 1 is 0.735 bits per heavy atom. The van der Waals surface area contributed by atoms with Gasteiger partial charge in [0.2, 0.25) is 5.91 Å². The molecule has 3 nitrogen and oxygen atoms in total. The number of halogens is 2. The highest BCUT2D eigenvalue weighted by Gasteiger charge is 2.08. The van der Waals surface area contributed by atoms with E-state index in [0.29, 0.717) is 16.5 Å². The first-order chi connectivity index (χ1) is 16.5. The van der Waals surface area contributed by atoms with E-state index in [1.54, 1.807) is 6.07 Å². The maximum Gasteiger partial charge on any atom is 0.224 e. The summed E-state index contributed by atoms with van der Waals surface area (Å²) in [6, 6.07) is 13.8. The summed E-state index contributed by atoms with van der Waals surface area (Å²) >= 11 is 12.3. The number of anilines is 1. The van der Waals surface area contributed by atoms with Gasteiger partial charge >= 0.3 is 0 Å². The molecule has 0 unspecified atom stereocenters. The van der Waals surface area contributed by atoms with Crippen LogP contribution in [0, 0.1) is 0 Å². The number of hydrogen-bond acceptors (Lipinski definition) is 2. The summed E-state index contributed by atoms with van der Waals surface area (Å²) in [5, 5.41) is 4.36. The minimum absolute atomic E-state index is 0.111. The van der Waals surface area contributed by atoms with Crippen LogP contribution in [-0.2, 0) is 17.9 Å². The van der Waals surface area contributed by atoms with Gasteiger partial charge in [0.05, 0.1) is 0 Å².